The lowest BCUT2D eigenvalue weighted by molar-refractivity contribution is -0.133. The van der Waals surface area contributed by atoms with Gasteiger partial charge in [-0.3, -0.25) is 9.59 Å². The van der Waals surface area contributed by atoms with E-state index >= 15 is 0 Å². The molecule has 6 nitrogen and oxygen atoms in total. The summed E-state index contributed by atoms with van der Waals surface area (Å²) >= 11 is 0. The van der Waals surface area contributed by atoms with E-state index in [4.69, 9.17) is 4.74 Å². The number of hydrogen-bond donors (Lipinski definition) is 1. The zero-order valence-corrected chi connectivity index (χ0v) is 21.3. The third-order valence-electron chi connectivity index (χ3n) is 7.67. The maximum Gasteiger partial charge on any atom is 0.254 e. The highest BCUT2D eigenvalue weighted by atomic mass is 19.1. The van der Waals surface area contributed by atoms with Crippen molar-refractivity contribution in [3.05, 3.63) is 59.2 Å². The molecule has 0 spiro atoms. The second kappa shape index (κ2) is 11.2. The number of carbonyl (C=O) groups is 2. The predicted molar refractivity (Wildman–Crippen MR) is 137 cm³/mol. The van der Waals surface area contributed by atoms with Gasteiger partial charge >= 0.3 is 0 Å². The molecule has 2 amide bonds. The SMILES string of the molecule is CC(CC(=O)N1CCC(NCC2CC2)CC1)CN1CCc2ccc(Oc3ccc(F)cc3F)cc2C1=O. The van der Waals surface area contributed by atoms with Crippen molar-refractivity contribution < 1.29 is 23.1 Å². The van der Waals surface area contributed by atoms with Crippen molar-refractivity contribution in [1.29, 1.82) is 0 Å². The van der Waals surface area contributed by atoms with Gasteiger partial charge in [0.25, 0.3) is 5.91 Å². The number of piperidine rings is 1. The molecule has 5 rings (SSSR count). The van der Waals surface area contributed by atoms with Crippen LogP contribution in [0.3, 0.4) is 0 Å². The van der Waals surface area contributed by atoms with Crippen LogP contribution in [0.2, 0.25) is 0 Å². The minimum Gasteiger partial charge on any atom is -0.454 e. The molecule has 1 aliphatic carbocycles. The molecule has 0 aromatic heterocycles. The Bertz CT molecular complexity index is 1150. The lowest BCUT2D eigenvalue weighted by Gasteiger charge is -2.34. The van der Waals surface area contributed by atoms with Gasteiger partial charge in [0.1, 0.15) is 11.6 Å². The van der Waals surface area contributed by atoms with Crippen LogP contribution in [0.4, 0.5) is 8.78 Å². The molecule has 3 aliphatic rings. The monoisotopic (exact) mass is 511 g/mol. The van der Waals surface area contributed by atoms with Gasteiger partial charge in [-0.1, -0.05) is 13.0 Å². The van der Waals surface area contributed by atoms with Crippen molar-refractivity contribution in [2.24, 2.45) is 11.8 Å². The number of nitrogens with one attached hydrogen (secondary N) is 1. The van der Waals surface area contributed by atoms with Crippen molar-refractivity contribution in [2.45, 2.75) is 51.5 Å². The highest BCUT2D eigenvalue weighted by Gasteiger charge is 2.29. The molecule has 2 aliphatic heterocycles. The van der Waals surface area contributed by atoms with Crippen LogP contribution in [0.25, 0.3) is 0 Å². The Balaban J connectivity index is 1.13. The molecule has 1 atom stereocenters. The topological polar surface area (TPSA) is 61.9 Å². The third-order valence-corrected chi connectivity index (χ3v) is 7.67. The Kier molecular flexibility index (Phi) is 7.74. The summed E-state index contributed by atoms with van der Waals surface area (Å²) in [6.07, 6.45) is 5.81. The Labute approximate surface area is 217 Å². The lowest BCUT2D eigenvalue weighted by atomic mass is 9.96. The summed E-state index contributed by atoms with van der Waals surface area (Å²) in [6, 6.07) is 8.75. The van der Waals surface area contributed by atoms with E-state index in [0.717, 1.165) is 56.1 Å². The zero-order valence-electron chi connectivity index (χ0n) is 21.3. The molecule has 0 radical (unpaired) electrons. The van der Waals surface area contributed by atoms with Gasteiger partial charge in [0.2, 0.25) is 5.91 Å². The van der Waals surface area contributed by atoms with Gasteiger partial charge in [0.15, 0.2) is 11.6 Å². The van der Waals surface area contributed by atoms with Crippen LogP contribution in [0.1, 0.15) is 54.9 Å². The zero-order chi connectivity index (χ0) is 25.9. The van der Waals surface area contributed by atoms with E-state index in [1.54, 1.807) is 17.0 Å². The molecule has 1 saturated carbocycles. The first-order chi connectivity index (χ1) is 17.9. The van der Waals surface area contributed by atoms with Gasteiger partial charge in [0, 0.05) is 50.3 Å². The molecule has 37 heavy (non-hydrogen) atoms. The van der Waals surface area contributed by atoms with Crippen LogP contribution in [-0.2, 0) is 11.2 Å². The first kappa shape index (κ1) is 25.6. The summed E-state index contributed by atoms with van der Waals surface area (Å²) < 4.78 is 32.8. The van der Waals surface area contributed by atoms with E-state index in [1.807, 2.05) is 17.9 Å². The van der Waals surface area contributed by atoms with Crippen molar-refractivity contribution in [3.8, 4) is 11.5 Å². The highest BCUT2D eigenvalue weighted by Crippen LogP contribution is 2.30. The molecule has 2 aromatic rings. The summed E-state index contributed by atoms with van der Waals surface area (Å²) in [4.78, 5) is 29.9. The molecular weight excluding hydrogens is 476 g/mol. The smallest absolute Gasteiger partial charge is 0.254 e. The Morgan fingerprint density at radius 1 is 1.08 bits per heavy atom. The molecule has 2 heterocycles. The number of benzene rings is 2. The average molecular weight is 512 g/mol. The molecule has 2 aromatic carbocycles. The number of amides is 2. The summed E-state index contributed by atoms with van der Waals surface area (Å²) in [7, 11) is 0. The fraction of sp³-hybridized carbons (Fsp3) is 0.517. The number of likely N-dealkylation sites (tertiary alicyclic amines) is 1. The normalized spacial score (nSPS) is 19.1. The van der Waals surface area contributed by atoms with Gasteiger partial charge in [-0.2, -0.15) is 0 Å². The Hall–Kier alpha value is -3.00. The number of ether oxygens (including phenoxy) is 1. The van der Waals surface area contributed by atoms with E-state index in [0.29, 0.717) is 43.3 Å². The second-order valence-electron chi connectivity index (χ2n) is 10.8. The first-order valence-corrected chi connectivity index (χ1v) is 13.4. The van der Waals surface area contributed by atoms with Crippen LogP contribution in [0.15, 0.2) is 36.4 Å². The highest BCUT2D eigenvalue weighted by molar-refractivity contribution is 5.97. The standard InChI is InChI=1S/C29H35F2N3O3/c1-19(14-28(35)33-12-9-23(10-13-33)32-17-20-2-3-20)18-34-11-8-21-4-6-24(16-25(21)29(34)36)37-27-7-5-22(30)15-26(27)31/h4-7,15-16,19-20,23,32H,2-3,8-14,17-18H2,1H3. The number of halogens is 2. The van der Waals surface area contributed by atoms with Crippen molar-refractivity contribution in [3.63, 3.8) is 0 Å². The molecular formula is C29H35F2N3O3. The van der Waals surface area contributed by atoms with Gasteiger partial charge in [-0.25, -0.2) is 8.78 Å². The summed E-state index contributed by atoms with van der Waals surface area (Å²) in [5, 5.41) is 3.65. The second-order valence-corrected chi connectivity index (χ2v) is 10.8. The van der Waals surface area contributed by atoms with Gasteiger partial charge in [-0.05, 0) is 80.3 Å². The van der Waals surface area contributed by atoms with E-state index in [-0.39, 0.29) is 23.5 Å². The molecule has 1 N–H and O–H groups in total. The average Bonchev–Trinajstić information content (AvgIpc) is 3.71. The minimum atomic E-state index is -0.803. The van der Waals surface area contributed by atoms with Gasteiger partial charge in [0.05, 0.1) is 0 Å². The van der Waals surface area contributed by atoms with Crippen LogP contribution in [0.5, 0.6) is 11.5 Å². The predicted octanol–water partition coefficient (Wildman–Crippen LogP) is 4.77. The summed E-state index contributed by atoms with van der Waals surface area (Å²) in [6.45, 7) is 5.81. The van der Waals surface area contributed by atoms with Crippen molar-refractivity contribution in [2.75, 3.05) is 32.7 Å². The first-order valence-electron chi connectivity index (χ1n) is 13.4. The summed E-state index contributed by atoms with van der Waals surface area (Å²) in [5.41, 5.74) is 1.43. The fourth-order valence-corrected chi connectivity index (χ4v) is 5.28. The molecule has 0 bridgehead atoms. The minimum absolute atomic E-state index is 0.0384. The summed E-state index contributed by atoms with van der Waals surface area (Å²) in [5.74, 6) is -0.322. The third kappa shape index (κ3) is 6.47. The van der Waals surface area contributed by atoms with E-state index < -0.39 is 11.6 Å². The lowest BCUT2D eigenvalue weighted by Crippen LogP contribution is -2.46. The Morgan fingerprint density at radius 2 is 1.86 bits per heavy atom. The van der Waals surface area contributed by atoms with Gasteiger partial charge in [-0.15, -0.1) is 0 Å². The van der Waals surface area contributed by atoms with Crippen LogP contribution in [0, 0.1) is 23.5 Å². The number of hydrogen-bond acceptors (Lipinski definition) is 4. The molecule has 1 saturated heterocycles. The molecule has 8 heteroatoms. The van der Waals surface area contributed by atoms with Gasteiger partial charge < -0.3 is 19.9 Å². The van der Waals surface area contributed by atoms with Crippen LogP contribution < -0.4 is 10.1 Å². The quantitative estimate of drug-likeness (QED) is 0.527. The molecule has 198 valence electrons. The van der Waals surface area contributed by atoms with Crippen LogP contribution >= 0.6 is 0 Å². The van der Waals surface area contributed by atoms with E-state index in [9.17, 15) is 18.4 Å². The largest absolute Gasteiger partial charge is 0.454 e. The number of nitrogens with zero attached hydrogens (tertiary/aromatic N) is 2. The fourth-order valence-electron chi connectivity index (χ4n) is 5.28. The maximum atomic E-state index is 14.0. The van der Waals surface area contributed by atoms with Crippen molar-refractivity contribution in [1.82, 2.24) is 15.1 Å². The van der Waals surface area contributed by atoms with E-state index in [1.165, 1.54) is 18.9 Å². The van der Waals surface area contributed by atoms with Crippen LogP contribution in [-0.4, -0.2) is 60.4 Å². The maximum absolute atomic E-state index is 14.0. The molecule has 1 unspecified atom stereocenters. The molecule has 2 fully saturated rings. The Morgan fingerprint density at radius 3 is 2.59 bits per heavy atom. The number of fused-ring (bicyclic) bond motifs is 1. The number of rotatable bonds is 9. The number of carbonyl (C=O) groups excluding carboxylic acids is 2. The van der Waals surface area contributed by atoms with Crippen molar-refractivity contribution >= 4 is 11.8 Å². The van der Waals surface area contributed by atoms with E-state index in [2.05, 4.69) is 5.32 Å².